The number of nitro benzene ring substituents is 1. The second-order valence-corrected chi connectivity index (χ2v) is 4.93. The number of para-hydroxylation sites is 1. The van der Waals surface area contributed by atoms with Crippen molar-refractivity contribution in [3.8, 4) is 0 Å². The van der Waals surface area contributed by atoms with Gasteiger partial charge in [0.25, 0.3) is 5.91 Å². The first kappa shape index (κ1) is 15.0. The van der Waals surface area contributed by atoms with Crippen LogP contribution in [0.2, 0.25) is 5.02 Å². The average molecular weight is 309 g/mol. The number of imidazole rings is 1. The summed E-state index contributed by atoms with van der Waals surface area (Å²) in [4.78, 5) is 26.4. The molecule has 1 N–H and O–H groups in total. The minimum atomic E-state index is -0.655. The third-order valence-electron chi connectivity index (χ3n) is 2.84. The number of halogens is 1. The molecule has 0 spiro atoms. The highest BCUT2D eigenvalue weighted by molar-refractivity contribution is 6.33. The minimum Gasteiger partial charge on any atom is -0.348 e. The van der Waals surface area contributed by atoms with Gasteiger partial charge in [0.2, 0.25) is 0 Å². The van der Waals surface area contributed by atoms with Crippen molar-refractivity contribution in [1.29, 1.82) is 0 Å². The maximum absolute atomic E-state index is 12.2. The average Bonchev–Trinajstić information content (AvgIpc) is 2.90. The number of aromatic nitrogens is 2. The predicted octanol–water partition coefficient (Wildman–Crippen LogP) is 2.26. The maximum Gasteiger partial charge on any atom is 0.300 e. The number of amides is 1. The number of nitrogens with one attached hydrogen (secondary N) is 1. The molecule has 0 aliphatic carbocycles. The van der Waals surface area contributed by atoms with E-state index in [0.29, 0.717) is 6.54 Å². The molecule has 1 unspecified atom stereocenters. The third kappa shape index (κ3) is 3.57. The van der Waals surface area contributed by atoms with Gasteiger partial charge in [0.1, 0.15) is 10.6 Å². The molecule has 0 saturated carbocycles. The second kappa shape index (κ2) is 6.36. The molecule has 1 aromatic carbocycles. The summed E-state index contributed by atoms with van der Waals surface area (Å²) in [6, 6.07) is 4.05. The van der Waals surface area contributed by atoms with Gasteiger partial charge in [-0.1, -0.05) is 17.7 Å². The van der Waals surface area contributed by atoms with Gasteiger partial charge in [-0.3, -0.25) is 14.9 Å². The van der Waals surface area contributed by atoms with Crippen LogP contribution in [0.5, 0.6) is 0 Å². The molecule has 8 heteroatoms. The zero-order chi connectivity index (χ0) is 15.4. The van der Waals surface area contributed by atoms with Gasteiger partial charge in [-0.05, 0) is 19.1 Å². The molecule has 0 saturated heterocycles. The van der Waals surface area contributed by atoms with Crippen LogP contribution in [-0.4, -0.2) is 26.4 Å². The number of carbonyl (C=O) groups is 1. The van der Waals surface area contributed by atoms with Crippen LogP contribution < -0.4 is 5.32 Å². The highest BCUT2D eigenvalue weighted by Gasteiger charge is 2.24. The number of nitro groups is 1. The Hall–Kier alpha value is -2.41. The van der Waals surface area contributed by atoms with Gasteiger partial charge in [0, 0.05) is 25.0 Å². The van der Waals surface area contributed by atoms with Crippen molar-refractivity contribution in [3.05, 3.63) is 57.6 Å². The van der Waals surface area contributed by atoms with Crippen LogP contribution in [0.3, 0.4) is 0 Å². The van der Waals surface area contributed by atoms with Crippen LogP contribution in [0.1, 0.15) is 17.3 Å². The van der Waals surface area contributed by atoms with Crippen LogP contribution >= 0.6 is 11.6 Å². The lowest BCUT2D eigenvalue weighted by Crippen LogP contribution is -2.35. The Morgan fingerprint density at radius 1 is 1.57 bits per heavy atom. The van der Waals surface area contributed by atoms with Crippen LogP contribution in [0.15, 0.2) is 36.9 Å². The van der Waals surface area contributed by atoms with Gasteiger partial charge in [-0.25, -0.2) is 4.98 Å². The van der Waals surface area contributed by atoms with E-state index in [1.165, 1.54) is 18.2 Å². The predicted molar refractivity (Wildman–Crippen MR) is 77.3 cm³/mol. The molecular formula is C13H13ClN4O3. The van der Waals surface area contributed by atoms with Crippen LogP contribution in [0, 0.1) is 10.1 Å². The van der Waals surface area contributed by atoms with E-state index in [2.05, 4.69) is 10.3 Å². The summed E-state index contributed by atoms with van der Waals surface area (Å²) in [7, 11) is 0. The lowest BCUT2D eigenvalue weighted by atomic mass is 10.1. The number of hydrogen-bond donors (Lipinski definition) is 1. The monoisotopic (exact) mass is 308 g/mol. The third-order valence-corrected chi connectivity index (χ3v) is 3.14. The summed E-state index contributed by atoms with van der Waals surface area (Å²) in [6.45, 7) is 2.31. The SMILES string of the molecule is CC(Cn1ccnc1)NC(=O)c1cccc(Cl)c1[N+](=O)[O-]. The summed E-state index contributed by atoms with van der Waals surface area (Å²) < 4.78 is 1.80. The topological polar surface area (TPSA) is 90.1 Å². The van der Waals surface area contributed by atoms with E-state index < -0.39 is 10.8 Å². The number of carbonyl (C=O) groups excluding carboxylic acids is 1. The van der Waals surface area contributed by atoms with Crippen molar-refractivity contribution in [1.82, 2.24) is 14.9 Å². The quantitative estimate of drug-likeness (QED) is 0.677. The molecule has 0 aliphatic rings. The van der Waals surface area contributed by atoms with Crippen molar-refractivity contribution >= 4 is 23.2 Å². The molecular weight excluding hydrogens is 296 g/mol. The molecule has 2 rings (SSSR count). The summed E-state index contributed by atoms with van der Waals surface area (Å²) in [6.07, 6.45) is 5.03. The van der Waals surface area contributed by atoms with Crippen molar-refractivity contribution in [2.24, 2.45) is 0 Å². The zero-order valence-corrected chi connectivity index (χ0v) is 11.9. The molecule has 7 nitrogen and oxygen atoms in total. The Morgan fingerprint density at radius 3 is 2.95 bits per heavy atom. The Balaban J connectivity index is 2.13. The fraction of sp³-hybridized carbons (Fsp3) is 0.231. The molecule has 2 aromatic rings. The lowest BCUT2D eigenvalue weighted by molar-refractivity contribution is -0.385. The highest BCUT2D eigenvalue weighted by Crippen LogP contribution is 2.28. The molecule has 1 aromatic heterocycles. The van der Waals surface area contributed by atoms with Gasteiger partial charge < -0.3 is 9.88 Å². The van der Waals surface area contributed by atoms with Gasteiger partial charge >= 0.3 is 5.69 Å². The first-order valence-corrected chi connectivity index (χ1v) is 6.56. The van der Waals surface area contributed by atoms with E-state index in [0.717, 1.165) is 0 Å². The fourth-order valence-electron chi connectivity index (χ4n) is 1.94. The van der Waals surface area contributed by atoms with Gasteiger partial charge in [0.05, 0.1) is 11.3 Å². The lowest BCUT2D eigenvalue weighted by Gasteiger charge is -2.14. The first-order chi connectivity index (χ1) is 9.99. The zero-order valence-electron chi connectivity index (χ0n) is 11.2. The van der Waals surface area contributed by atoms with Gasteiger partial charge in [-0.2, -0.15) is 0 Å². The largest absolute Gasteiger partial charge is 0.348 e. The van der Waals surface area contributed by atoms with E-state index >= 15 is 0 Å². The molecule has 1 atom stereocenters. The first-order valence-electron chi connectivity index (χ1n) is 6.18. The Kier molecular flexibility index (Phi) is 4.54. The molecule has 0 aliphatic heterocycles. The highest BCUT2D eigenvalue weighted by atomic mass is 35.5. The molecule has 110 valence electrons. The van der Waals surface area contributed by atoms with E-state index in [1.807, 2.05) is 0 Å². The van der Waals surface area contributed by atoms with Crippen molar-refractivity contribution < 1.29 is 9.72 Å². The molecule has 1 amide bonds. The van der Waals surface area contributed by atoms with Crippen LogP contribution in [-0.2, 0) is 6.54 Å². The van der Waals surface area contributed by atoms with E-state index in [9.17, 15) is 14.9 Å². The number of rotatable bonds is 5. The van der Waals surface area contributed by atoms with E-state index in [1.54, 1.807) is 30.2 Å². The normalized spacial score (nSPS) is 11.9. The van der Waals surface area contributed by atoms with Gasteiger partial charge in [0.15, 0.2) is 0 Å². The summed E-state index contributed by atoms with van der Waals surface area (Å²) in [5, 5.41) is 13.7. The van der Waals surface area contributed by atoms with Gasteiger partial charge in [-0.15, -0.1) is 0 Å². The maximum atomic E-state index is 12.2. The standard InChI is InChI=1S/C13H13ClN4O3/c1-9(7-17-6-5-15-8-17)16-13(19)10-3-2-4-11(14)12(10)18(20)21/h2-6,8-9H,7H2,1H3,(H,16,19). The molecule has 21 heavy (non-hydrogen) atoms. The number of benzene rings is 1. The summed E-state index contributed by atoms with van der Waals surface area (Å²) >= 11 is 5.79. The van der Waals surface area contributed by atoms with Crippen molar-refractivity contribution in [2.75, 3.05) is 0 Å². The van der Waals surface area contributed by atoms with E-state index in [-0.39, 0.29) is 22.3 Å². The molecule has 0 bridgehead atoms. The van der Waals surface area contributed by atoms with Crippen LogP contribution in [0.25, 0.3) is 0 Å². The Bertz CT molecular complexity index is 657. The summed E-state index contributed by atoms with van der Waals surface area (Å²) in [5.74, 6) is -0.531. The molecule has 0 fully saturated rings. The van der Waals surface area contributed by atoms with Crippen LogP contribution in [0.4, 0.5) is 5.69 Å². The minimum absolute atomic E-state index is 0.0509. The fourth-order valence-corrected chi connectivity index (χ4v) is 2.19. The second-order valence-electron chi connectivity index (χ2n) is 4.53. The Morgan fingerprint density at radius 2 is 2.33 bits per heavy atom. The number of nitrogens with zero attached hydrogens (tertiary/aromatic N) is 3. The van der Waals surface area contributed by atoms with Crippen molar-refractivity contribution in [3.63, 3.8) is 0 Å². The smallest absolute Gasteiger partial charge is 0.300 e. The molecule has 1 heterocycles. The number of hydrogen-bond acceptors (Lipinski definition) is 4. The van der Waals surface area contributed by atoms with Crippen molar-refractivity contribution in [2.45, 2.75) is 19.5 Å². The summed E-state index contributed by atoms with van der Waals surface area (Å²) in [5.41, 5.74) is -0.434. The molecule has 0 radical (unpaired) electrons. The van der Waals surface area contributed by atoms with E-state index in [4.69, 9.17) is 11.6 Å². The Labute approximate surface area is 125 Å².